The number of nitro groups is 1. The molecule has 1 aromatic carbocycles. The highest BCUT2D eigenvalue weighted by atomic mass is 16.6. The second-order valence-corrected chi connectivity index (χ2v) is 3.07. The fourth-order valence-corrected chi connectivity index (χ4v) is 1.28. The van der Waals surface area contributed by atoms with Gasteiger partial charge in [-0.2, -0.15) is 0 Å². The van der Waals surface area contributed by atoms with Crippen LogP contribution in [-0.4, -0.2) is 32.3 Å². The third-order valence-electron chi connectivity index (χ3n) is 2.04. The summed E-state index contributed by atoms with van der Waals surface area (Å²) in [7, 11) is 2.85. The van der Waals surface area contributed by atoms with Crippen LogP contribution in [0.3, 0.4) is 0 Å². The molecule has 7 nitrogen and oxygen atoms in total. The zero-order chi connectivity index (χ0) is 12.8. The smallest absolute Gasteiger partial charge is 0.314 e. The highest BCUT2D eigenvalue weighted by Gasteiger charge is 2.20. The molecule has 1 aromatic rings. The fourth-order valence-electron chi connectivity index (χ4n) is 1.28. The number of benzene rings is 1. The van der Waals surface area contributed by atoms with Gasteiger partial charge in [-0.15, -0.1) is 0 Å². The lowest BCUT2D eigenvalue weighted by molar-refractivity contribution is -0.385. The lowest BCUT2D eigenvalue weighted by Crippen LogP contribution is -2.11. The first-order valence-electron chi connectivity index (χ1n) is 4.87. The normalized spacial score (nSPS) is 9.82. The Kier molecular flexibility index (Phi) is 4.53. The zero-order valence-corrected chi connectivity index (χ0v) is 9.63. The van der Waals surface area contributed by atoms with Gasteiger partial charge in [-0.25, -0.2) is 0 Å². The van der Waals surface area contributed by atoms with Crippen LogP contribution in [0.2, 0.25) is 0 Å². The lowest BCUT2D eigenvalue weighted by Gasteiger charge is -2.10. The number of ether oxygens (including phenoxy) is 3. The van der Waals surface area contributed by atoms with Gasteiger partial charge >= 0.3 is 5.69 Å². The van der Waals surface area contributed by atoms with Crippen molar-refractivity contribution in [2.45, 2.75) is 0 Å². The van der Waals surface area contributed by atoms with Gasteiger partial charge in [0.1, 0.15) is 6.61 Å². The number of nitrogens with zero attached hydrogens (tertiary/aromatic N) is 1. The van der Waals surface area contributed by atoms with Crippen molar-refractivity contribution in [2.75, 3.05) is 27.4 Å². The third-order valence-corrected chi connectivity index (χ3v) is 2.04. The van der Waals surface area contributed by atoms with E-state index < -0.39 is 4.92 Å². The van der Waals surface area contributed by atoms with E-state index in [1.54, 1.807) is 0 Å². The summed E-state index contributed by atoms with van der Waals surface area (Å²) in [6.45, 7) is 0.460. The summed E-state index contributed by atoms with van der Waals surface area (Å²) in [5.74, 6) is 0.752. The van der Waals surface area contributed by atoms with Crippen LogP contribution in [0.4, 0.5) is 5.69 Å². The van der Waals surface area contributed by atoms with Crippen molar-refractivity contribution < 1.29 is 19.1 Å². The van der Waals surface area contributed by atoms with Gasteiger partial charge in [-0.05, 0) is 0 Å². The molecule has 0 aliphatic heterocycles. The maximum Gasteiger partial charge on any atom is 0.314 e. The summed E-state index contributed by atoms with van der Waals surface area (Å²) in [5.41, 5.74) is 5.09. The van der Waals surface area contributed by atoms with Crippen molar-refractivity contribution in [2.24, 2.45) is 5.73 Å². The quantitative estimate of drug-likeness (QED) is 0.589. The van der Waals surface area contributed by atoms with Gasteiger partial charge in [0.05, 0.1) is 25.2 Å². The molecule has 0 radical (unpaired) electrons. The maximum atomic E-state index is 10.9. The van der Waals surface area contributed by atoms with Crippen molar-refractivity contribution in [1.82, 2.24) is 0 Å². The molecule has 0 atom stereocenters. The number of rotatable bonds is 6. The van der Waals surface area contributed by atoms with Gasteiger partial charge in [0, 0.05) is 12.6 Å². The minimum Gasteiger partial charge on any atom is -0.493 e. The number of nitro benzene ring substituents is 1. The highest BCUT2D eigenvalue weighted by Crippen LogP contribution is 2.38. The lowest BCUT2D eigenvalue weighted by atomic mass is 10.2. The Hall–Kier alpha value is -2.02. The molecule has 0 bridgehead atoms. The fraction of sp³-hybridized carbons (Fsp3) is 0.400. The molecule has 0 amide bonds. The molecule has 0 saturated heterocycles. The van der Waals surface area contributed by atoms with Crippen LogP contribution in [0, 0.1) is 10.1 Å². The van der Waals surface area contributed by atoms with Gasteiger partial charge in [0.15, 0.2) is 11.5 Å². The van der Waals surface area contributed by atoms with Gasteiger partial charge in [-0.1, -0.05) is 0 Å². The van der Waals surface area contributed by atoms with E-state index in [1.807, 2.05) is 0 Å². The van der Waals surface area contributed by atoms with E-state index in [-0.39, 0.29) is 30.3 Å². The minimum atomic E-state index is -0.548. The molecule has 0 saturated carbocycles. The Bertz CT molecular complexity index is 408. The summed E-state index contributed by atoms with van der Waals surface area (Å²) in [4.78, 5) is 10.3. The van der Waals surface area contributed by atoms with Crippen LogP contribution in [0.1, 0.15) is 0 Å². The van der Waals surface area contributed by atoms with Crippen LogP contribution in [0.15, 0.2) is 12.1 Å². The topological polar surface area (TPSA) is 96.9 Å². The average molecular weight is 242 g/mol. The molecule has 0 aliphatic carbocycles. The second kappa shape index (κ2) is 5.90. The summed E-state index contributed by atoms with van der Waals surface area (Å²) < 4.78 is 15.2. The van der Waals surface area contributed by atoms with Crippen molar-refractivity contribution in [3.63, 3.8) is 0 Å². The maximum absolute atomic E-state index is 10.9. The van der Waals surface area contributed by atoms with E-state index in [9.17, 15) is 10.1 Å². The number of hydrogen-bond acceptors (Lipinski definition) is 6. The summed E-state index contributed by atoms with van der Waals surface area (Å²) in [5, 5.41) is 10.9. The Balaban J connectivity index is 3.19. The number of nitrogens with two attached hydrogens (primary N) is 1. The van der Waals surface area contributed by atoms with Crippen molar-refractivity contribution in [1.29, 1.82) is 0 Å². The number of methoxy groups -OCH3 is 2. The predicted molar refractivity (Wildman–Crippen MR) is 60.7 cm³/mol. The van der Waals surface area contributed by atoms with Crippen LogP contribution in [0.25, 0.3) is 0 Å². The molecule has 94 valence electrons. The van der Waals surface area contributed by atoms with Crippen LogP contribution >= 0.6 is 0 Å². The van der Waals surface area contributed by atoms with E-state index in [0.29, 0.717) is 5.75 Å². The molecule has 17 heavy (non-hydrogen) atoms. The molecule has 0 heterocycles. The SMILES string of the molecule is COc1cc(OCCN)c([N+](=O)[O-])cc1OC. The average Bonchev–Trinajstić information content (AvgIpc) is 2.34. The van der Waals surface area contributed by atoms with Crippen LogP contribution in [0.5, 0.6) is 17.2 Å². The molecule has 2 N–H and O–H groups in total. The van der Waals surface area contributed by atoms with E-state index in [0.717, 1.165) is 0 Å². The van der Waals surface area contributed by atoms with Gasteiger partial charge < -0.3 is 19.9 Å². The number of hydrogen-bond donors (Lipinski definition) is 1. The summed E-state index contributed by atoms with van der Waals surface area (Å²) in [6.07, 6.45) is 0. The van der Waals surface area contributed by atoms with Gasteiger partial charge in [0.2, 0.25) is 5.75 Å². The Morgan fingerprint density at radius 2 is 1.82 bits per heavy atom. The highest BCUT2D eigenvalue weighted by molar-refractivity contribution is 5.58. The predicted octanol–water partition coefficient (Wildman–Crippen LogP) is 0.950. The molecule has 0 spiro atoms. The van der Waals surface area contributed by atoms with Crippen molar-refractivity contribution in [3.8, 4) is 17.2 Å². The van der Waals surface area contributed by atoms with E-state index in [2.05, 4.69) is 0 Å². The molecule has 0 aromatic heterocycles. The zero-order valence-electron chi connectivity index (χ0n) is 9.63. The van der Waals surface area contributed by atoms with E-state index in [1.165, 1.54) is 26.4 Å². The molecular formula is C10H14N2O5. The van der Waals surface area contributed by atoms with Gasteiger partial charge in [0.25, 0.3) is 0 Å². The van der Waals surface area contributed by atoms with Crippen LogP contribution in [-0.2, 0) is 0 Å². The summed E-state index contributed by atoms with van der Waals surface area (Å²) in [6, 6.07) is 2.66. The summed E-state index contributed by atoms with van der Waals surface area (Å²) >= 11 is 0. The molecule has 0 fully saturated rings. The molecule has 0 aliphatic rings. The van der Waals surface area contributed by atoms with Crippen molar-refractivity contribution >= 4 is 5.69 Å². The third kappa shape index (κ3) is 2.97. The van der Waals surface area contributed by atoms with Crippen molar-refractivity contribution in [3.05, 3.63) is 22.2 Å². The minimum absolute atomic E-state index is 0.109. The molecule has 0 unspecified atom stereocenters. The first kappa shape index (κ1) is 13.0. The monoisotopic (exact) mass is 242 g/mol. The largest absolute Gasteiger partial charge is 0.493 e. The van der Waals surface area contributed by atoms with Crippen LogP contribution < -0.4 is 19.9 Å². The van der Waals surface area contributed by atoms with E-state index >= 15 is 0 Å². The Morgan fingerprint density at radius 3 is 2.29 bits per heavy atom. The Morgan fingerprint density at radius 1 is 1.24 bits per heavy atom. The van der Waals surface area contributed by atoms with E-state index in [4.69, 9.17) is 19.9 Å². The first-order chi connectivity index (χ1) is 8.13. The molecular weight excluding hydrogens is 228 g/mol. The molecule has 7 heteroatoms. The van der Waals surface area contributed by atoms with Gasteiger partial charge in [-0.3, -0.25) is 10.1 Å². The standard InChI is InChI=1S/C10H14N2O5/c1-15-9-5-7(12(13)14)8(17-4-3-11)6-10(9)16-2/h5-6H,3-4,11H2,1-2H3. The molecule has 1 rings (SSSR count). The first-order valence-corrected chi connectivity index (χ1v) is 4.87. The Labute approximate surface area is 98.2 Å². The second-order valence-electron chi connectivity index (χ2n) is 3.07.